The van der Waals surface area contributed by atoms with Crippen LogP contribution in [0.2, 0.25) is 0 Å². The van der Waals surface area contributed by atoms with E-state index in [-0.39, 0.29) is 5.91 Å². The maximum Gasteiger partial charge on any atom is 0.407 e. The van der Waals surface area contributed by atoms with Crippen molar-refractivity contribution in [1.29, 1.82) is 0 Å². The first-order valence-corrected chi connectivity index (χ1v) is 8.70. The van der Waals surface area contributed by atoms with Crippen LogP contribution >= 0.6 is 0 Å². The van der Waals surface area contributed by atoms with Gasteiger partial charge in [0.25, 0.3) is 0 Å². The Morgan fingerprint density at radius 1 is 1.08 bits per heavy atom. The highest BCUT2D eigenvalue weighted by molar-refractivity contribution is 5.71. The van der Waals surface area contributed by atoms with Gasteiger partial charge in [-0.15, -0.1) is 0 Å². The molecule has 0 atom stereocenters. The van der Waals surface area contributed by atoms with Gasteiger partial charge < -0.3 is 10.1 Å². The molecule has 0 spiro atoms. The summed E-state index contributed by atoms with van der Waals surface area (Å²) in [5, 5.41) is 4.12. The minimum Gasteiger partial charge on any atom is -0.444 e. The van der Waals surface area contributed by atoms with E-state index in [0.717, 1.165) is 24.8 Å². The number of amides is 2. The molecule has 1 aromatic carbocycles. The summed E-state index contributed by atoms with van der Waals surface area (Å²) in [6, 6.07) is 9.74. The van der Waals surface area contributed by atoms with E-state index in [4.69, 9.17) is 9.57 Å². The Hall–Kier alpha value is -2.08. The van der Waals surface area contributed by atoms with E-state index in [9.17, 15) is 9.59 Å². The molecular formula is C19H30N2O4. The normalized spacial score (nSPS) is 11.0. The van der Waals surface area contributed by atoms with E-state index in [2.05, 4.69) is 5.32 Å². The third-order valence-electron chi connectivity index (χ3n) is 3.29. The van der Waals surface area contributed by atoms with Gasteiger partial charge in [0, 0.05) is 20.0 Å². The lowest BCUT2D eigenvalue weighted by molar-refractivity contribution is -0.189. The van der Waals surface area contributed by atoms with Crippen LogP contribution in [0.15, 0.2) is 30.3 Å². The Labute approximate surface area is 150 Å². The van der Waals surface area contributed by atoms with Crippen LogP contribution in [0.1, 0.15) is 52.5 Å². The molecule has 6 heteroatoms. The number of nitrogens with one attached hydrogen (secondary N) is 1. The third kappa shape index (κ3) is 10.4. The summed E-state index contributed by atoms with van der Waals surface area (Å²) in [6.45, 7) is 8.46. The van der Waals surface area contributed by atoms with Crippen molar-refractivity contribution in [3.8, 4) is 0 Å². The highest BCUT2D eigenvalue weighted by Crippen LogP contribution is 2.07. The standard InChI is InChI=1S/C19H30N2O4/c1-16(22)21(24-15-17-11-7-5-8-12-17)14-10-6-9-13-20-18(23)25-19(2,3)4/h5,7-8,11-12H,6,9-10,13-15H2,1-4H3,(H,20,23). The van der Waals surface area contributed by atoms with E-state index in [0.29, 0.717) is 19.7 Å². The second-order valence-corrected chi connectivity index (χ2v) is 6.87. The van der Waals surface area contributed by atoms with Gasteiger partial charge in [0.1, 0.15) is 12.2 Å². The Balaban J connectivity index is 2.17. The van der Waals surface area contributed by atoms with Crippen LogP contribution in [-0.2, 0) is 21.0 Å². The van der Waals surface area contributed by atoms with E-state index >= 15 is 0 Å². The number of alkyl carbamates (subject to hydrolysis) is 1. The maximum absolute atomic E-state index is 11.6. The van der Waals surface area contributed by atoms with Crippen molar-refractivity contribution in [1.82, 2.24) is 10.4 Å². The van der Waals surface area contributed by atoms with Gasteiger partial charge in [-0.1, -0.05) is 30.3 Å². The van der Waals surface area contributed by atoms with Crippen LogP contribution in [-0.4, -0.2) is 35.8 Å². The van der Waals surface area contributed by atoms with Crippen molar-refractivity contribution < 1.29 is 19.2 Å². The molecule has 0 fully saturated rings. The summed E-state index contributed by atoms with van der Waals surface area (Å²) < 4.78 is 5.16. The van der Waals surface area contributed by atoms with Crippen molar-refractivity contribution in [3.63, 3.8) is 0 Å². The third-order valence-corrected chi connectivity index (χ3v) is 3.29. The molecule has 6 nitrogen and oxygen atoms in total. The Bertz CT molecular complexity index is 526. The summed E-state index contributed by atoms with van der Waals surface area (Å²) in [7, 11) is 0. The van der Waals surface area contributed by atoms with Crippen molar-refractivity contribution >= 4 is 12.0 Å². The van der Waals surface area contributed by atoms with Crippen LogP contribution in [0, 0.1) is 0 Å². The quantitative estimate of drug-likeness (QED) is 0.545. The molecular weight excluding hydrogens is 320 g/mol. The van der Waals surface area contributed by atoms with Gasteiger partial charge in [-0.2, -0.15) is 0 Å². The molecule has 0 unspecified atom stereocenters. The van der Waals surface area contributed by atoms with Crippen molar-refractivity contribution in [2.24, 2.45) is 0 Å². The molecule has 1 aromatic rings. The van der Waals surface area contributed by atoms with E-state index < -0.39 is 11.7 Å². The van der Waals surface area contributed by atoms with Crippen molar-refractivity contribution in [2.75, 3.05) is 13.1 Å². The molecule has 0 saturated heterocycles. The molecule has 2 amide bonds. The molecule has 0 heterocycles. The second kappa shape index (κ2) is 10.7. The topological polar surface area (TPSA) is 67.9 Å². The number of carbonyl (C=O) groups excluding carboxylic acids is 2. The molecule has 0 aliphatic carbocycles. The van der Waals surface area contributed by atoms with Gasteiger partial charge in [-0.05, 0) is 45.6 Å². The minimum atomic E-state index is -0.484. The predicted molar refractivity (Wildman–Crippen MR) is 96.7 cm³/mol. The van der Waals surface area contributed by atoms with Crippen LogP contribution in [0.4, 0.5) is 4.79 Å². The average Bonchev–Trinajstić information content (AvgIpc) is 2.52. The average molecular weight is 350 g/mol. The number of rotatable bonds is 9. The fourth-order valence-electron chi connectivity index (χ4n) is 2.10. The summed E-state index contributed by atoms with van der Waals surface area (Å²) in [5.74, 6) is -0.109. The monoisotopic (exact) mass is 350 g/mol. The molecule has 25 heavy (non-hydrogen) atoms. The SMILES string of the molecule is CC(=O)N(CCCCCNC(=O)OC(C)(C)C)OCc1ccccc1. The lowest BCUT2D eigenvalue weighted by Gasteiger charge is -2.21. The summed E-state index contributed by atoms with van der Waals surface area (Å²) in [6.07, 6.45) is 2.12. The molecule has 140 valence electrons. The van der Waals surface area contributed by atoms with Gasteiger partial charge >= 0.3 is 6.09 Å². The largest absolute Gasteiger partial charge is 0.444 e. The highest BCUT2D eigenvalue weighted by atomic mass is 16.7. The summed E-state index contributed by atoms with van der Waals surface area (Å²) >= 11 is 0. The van der Waals surface area contributed by atoms with Gasteiger partial charge in [0.15, 0.2) is 0 Å². The first-order chi connectivity index (χ1) is 11.8. The van der Waals surface area contributed by atoms with Gasteiger partial charge in [0.05, 0.1) is 0 Å². The van der Waals surface area contributed by atoms with Crippen molar-refractivity contribution in [3.05, 3.63) is 35.9 Å². The zero-order chi connectivity index (χ0) is 18.7. The van der Waals surface area contributed by atoms with Gasteiger partial charge in [-0.25, -0.2) is 9.86 Å². The number of ether oxygens (including phenoxy) is 1. The van der Waals surface area contributed by atoms with Crippen LogP contribution in [0.3, 0.4) is 0 Å². The first-order valence-electron chi connectivity index (χ1n) is 8.70. The highest BCUT2D eigenvalue weighted by Gasteiger charge is 2.15. The van der Waals surface area contributed by atoms with E-state index in [1.54, 1.807) is 0 Å². The summed E-state index contributed by atoms with van der Waals surface area (Å²) in [5.41, 5.74) is 0.539. The lowest BCUT2D eigenvalue weighted by Crippen LogP contribution is -2.33. The van der Waals surface area contributed by atoms with E-state index in [1.807, 2.05) is 51.1 Å². The number of hydroxylamine groups is 2. The molecule has 0 aliphatic rings. The van der Waals surface area contributed by atoms with E-state index in [1.165, 1.54) is 12.0 Å². The van der Waals surface area contributed by atoms with Crippen LogP contribution in [0.25, 0.3) is 0 Å². The predicted octanol–water partition coefficient (Wildman–Crippen LogP) is 3.66. The zero-order valence-corrected chi connectivity index (χ0v) is 15.7. The number of unbranched alkanes of at least 4 members (excludes halogenated alkanes) is 2. The Morgan fingerprint density at radius 2 is 1.76 bits per heavy atom. The van der Waals surface area contributed by atoms with Crippen LogP contribution < -0.4 is 5.32 Å². The number of nitrogens with zero attached hydrogens (tertiary/aromatic N) is 1. The number of hydrogen-bond acceptors (Lipinski definition) is 4. The fourth-order valence-corrected chi connectivity index (χ4v) is 2.10. The molecule has 0 radical (unpaired) electrons. The molecule has 1 N–H and O–H groups in total. The second-order valence-electron chi connectivity index (χ2n) is 6.87. The zero-order valence-electron chi connectivity index (χ0n) is 15.7. The van der Waals surface area contributed by atoms with Gasteiger partial charge in [-0.3, -0.25) is 9.63 Å². The smallest absolute Gasteiger partial charge is 0.407 e. The molecule has 0 bridgehead atoms. The Morgan fingerprint density at radius 3 is 2.36 bits per heavy atom. The molecule has 0 saturated carbocycles. The first kappa shape index (κ1) is 21.0. The summed E-state index contributed by atoms with van der Waals surface area (Å²) in [4.78, 5) is 28.7. The maximum atomic E-state index is 11.6. The lowest BCUT2D eigenvalue weighted by atomic mass is 10.2. The van der Waals surface area contributed by atoms with Crippen LogP contribution in [0.5, 0.6) is 0 Å². The fraction of sp³-hybridized carbons (Fsp3) is 0.579. The number of carbonyl (C=O) groups is 2. The Kier molecular flexibility index (Phi) is 8.99. The van der Waals surface area contributed by atoms with Crippen molar-refractivity contribution in [2.45, 2.75) is 59.2 Å². The number of hydrogen-bond donors (Lipinski definition) is 1. The molecule has 1 rings (SSSR count). The van der Waals surface area contributed by atoms with Gasteiger partial charge in [0.2, 0.25) is 5.91 Å². The number of benzene rings is 1. The minimum absolute atomic E-state index is 0.109. The molecule has 0 aromatic heterocycles. The molecule has 0 aliphatic heterocycles.